The second-order valence-electron chi connectivity index (χ2n) is 7.65. The lowest BCUT2D eigenvalue weighted by atomic mass is 10.1. The minimum absolute atomic E-state index is 0.000617. The molecule has 1 aliphatic heterocycles. The maximum atomic E-state index is 13.0. The van der Waals surface area contributed by atoms with E-state index >= 15 is 0 Å². The molecule has 3 aromatic rings. The molecule has 0 aliphatic carbocycles. The average molecular weight is 591 g/mol. The zero-order valence-corrected chi connectivity index (χ0v) is 21.4. The normalized spacial score (nSPS) is 14.1. The third-order valence-electron chi connectivity index (χ3n) is 5.18. The molecule has 0 saturated carbocycles. The van der Waals surface area contributed by atoms with Gasteiger partial charge in [0.15, 0.2) is 0 Å². The van der Waals surface area contributed by atoms with Crippen molar-refractivity contribution in [2.75, 3.05) is 7.11 Å². The summed E-state index contributed by atoms with van der Waals surface area (Å²) in [7, 11) is 1.19. The maximum absolute atomic E-state index is 13.0. The highest BCUT2D eigenvalue weighted by Gasteiger charge is 2.35. The predicted molar refractivity (Wildman–Crippen MR) is 134 cm³/mol. The first kappa shape index (κ1) is 25.9. The lowest BCUT2D eigenvalue weighted by Crippen LogP contribution is -2.30. The van der Waals surface area contributed by atoms with E-state index in [1.165, 1.54) is 31.4 Å². The molecule has 37 heavy (non-hydrogen) atoms. The number of nitrogens with one attached hydrogen (secondary N) is 1. The van der Waals surface area contributed by atoms with E-state index in [1.54, 1.807) is 24.3 Å². The third kappa shape index (κ3) is 5.81. The second kappa shape index (κ2) is 10.8. The first-order valence-electron chi connectivity index (χ1n) is 10.5. The number of furan rings is 1. The summed E-state index contributed by atoms with van der Waals surface area (Å²) in [4.78, 5) is 49.0. The van der Waals surface area contributed by atoms with Crippen LogP contribution in [0.2, 0.25) is 5.02 Å². The number of nitrogens with zero attached hydrogens (tertiary/aromatic N) is 2. The van der Waals surface area contributed by atoms with Crippen molar-refractivity contribution in [1.29, 1.82) is 0 Å². The highest BCUT2D eigenvalue weighted by Crippen LogP contribution is 2.37. The number of carbonyl (C=O) groups is 3. The van der Waals surface area contributed by atoms with Gasteiger partial charge < -0.3 is 19.2 Å². The number of nitro benzene ring substituents is 1. The van der Waals surface area contributed by atoms with Gasteiger partial charge in [-0.15, -0.1) is 0 Å². The van der Waals surface area contributed by atoms with Crippen LogP contribution in [-0.4, -0.2) is 34.8 Å². The Balaban J connectivity index is 1.62. The van der Waals surface area contributed by atoms with Crippen LogP contribution in [0.1, 0.15) is 27.4 Å². The Morgan fingerprint density at radius 3 is 2.62 bits per heavy atom. The lowest BCUT2D eigenvalue weighted by molar-refractivity contribution is -0.385. The van der Waals surface area contributed by atoms with E-state index in [4.69, 9.17) is 20.8 Å². The summed E-state index contributed by atoms with van der Waals surface area (Å²) in [5.74, 6) is -1.47. The van der Waals surface area contributed by atoms with Gasteiger partial charge in [0.2, 0.25) is 11.5 Å². The van der Waals surface area contributed by atoms with Gasteiger partial charge in [-0.05, 0) is 42.0 Å². The van der Waals surface area contributed by atoms with Crippen LogP contribution in [0.25, 0.3) is 6.08 Å². The Morgan fingerprint density at radius 2 is 1.95 bits per heavy atom. The Bertz CT molecular complexity index is 1430. The van der Waals surface area contributed by atoms with E-state index in [0.29, 0.717) is 0 Å². The SMILES string of the molecule is COC(=O)c1ccc(CN2C(=O)N/C(=C\c3cc(Cl)cc([N+](=O)[O-])c3OCc3ccc(Br)cc3)C2=O)o1. The molecule has 3 amide bonds. The van der Waals surface area contributed by atoms with Crippen LogP contribution in [0.15, 0.2) is 63.1 Å². The molecule has 0 bridgehead atoms. The van der Waals surface area contributed by atoms with Gasteiger partial charge in [0.1, 0.15) is 18.1 Å². The summed E-state index contributed by atoms with van der Waals surface area (Å²) >= 11 is 9.44. The molecular weight excluding hydrogens is 574 g/mol. The minimum Gasteiger partial charge on any atom is -0.482 e. The van der Waals surface area contributed by atoms with Crippen LogP contribution in [-0.2, 0) is 22.7 Å². The van der Waals surface area contributed by atoms with Gasteiger partial charge in [-0.3, -0.25) is 19.8 Å². The number of nitro groups is 1. The Morgan fingerprint density at radius 1 is 1.22 bits per heavy atom. The van der Waals surface area contributed by atoms with E-state index in [-0.39, 0.29) is 46.7 Å². The average Bonchev–Trinajstić information content (AvgIpc) is 3.44. The number of amides is 3. The summed E-state index contributed by atoms with van der Waals surface area (Å²) in [6.45, 7) is -0.263. The number of rotatable bonds is 8. The molecular formula is C24H17BrClN3O8. The molecule has 4 rings (SSSR count). The summed E-state index contributed by atoms with van der Waals surface area (Å²) in [5.41, 5.74) is 0.297. The molecule has 1 aliphatic rings. The smallest absolute Gasteiger partial charge is 0.373 e. The number of halogens is 2. The molecule has 0 radical (unpaired) electrons. The highest BCUT2D eigenvalue weighted by molar-refractivity contribution is 9.10. The molecule has 2 heterocycles. The first-order valence-corrected chi connectivity index (χ1v) is 11.7. The van der Waals surface area contributed by atoms with E-state index in [2.05, 4.69) is 26.0 Å². The number of hydrogen-bond acceptors (Lipinski definition) is 8. The molecule has 11 nitrogen and oxygen atoms in total. The van der Waals surface area contributed by atoms with Gasteiger partial charge in [-0.1, -0.05) is 39.7 Å². The summed E-state index contributed by atoms with van der Waals surface area (Å²) in [5, 5.41) is 14.2. The number of hydrogen-bond donors (Lipinski definition) is 1. The predicted octanol–water partition coefficient (Wildman–Crippen LogP) is 5.06. The van der Waals surface area contributed by atoms with Crippen molar-refractivity contribution < 1.29 is 33.2 Å². The van der Waals surface area contributed by atoms with Gasteiger partial charge in [0.25, 0.3) is 5.91 Å². The molecule has 190 valence electrons. The van der Waals surface area contributed by atoms with Crippen molar-refractivity contribution in [3.05, 3.63) is 96.5 Å². The number of carbonyl (C=O) groups excluding carboxylic acids is 3. The van der Waals surface area contributed by atoms with Gasteiger partial charge in [-0.25, -0.2) is 9.59 Å². The van der Waals surface area contributed by atoms with Crippen LogP contribution in [0, 0.1) is 10.1 Å². The highest BCUT2D eigenvalue weighted by atomic mass is 79.9. The first-order chi connectivity index (χ1) is 17.7. The molecule has 1 saturated heterocycles. The Kier molecular flexibility index (Phi) is 7.60. The van der Waals surface area contributed by atoms with Crippen molar-refractivity contribution in [1.82, 2.24) is 10.2 Å². The third-order valence-corrected chi connectivity index (χ3v) is 5.93. The largest absolute Gasteiger partial charge is 0.482 e. The number of imide groups is 1. The fourth-order valence-electron chi connectivity index (χ4n) is 3.44. The van der Waals surface area contributed by atoms with Crippen LogP contribution < -0.4 is 10.1 Å². The van der Waals surface area contributed by atoms with Gasteiger partial charge >= 0.3 is 17.7 Å². The van der Waals surface area contributed by atoms with Gasteiger partial charge in [-0.2, -0.15) is 0 Å². The van der Waals surface area contributed by atoms with Crippen LogP contribution in [0.5, 0.6) is 5.75 Å². The zero-order chi connectivity index (χ0) is 26.7. The van der Waals surface area contributed by atoms with Crippen LogP contribution in [0.4, 0.5) is 10.5 Å². The van der Waals surface area contributed by atoms with E-state index in [0.717, 1.165) is 21.0 Å². The lowest BCUT2D eigenvalue weighted by Gasteiger charge is -2.11. The van der Waals surface area contributed by atoms with E-state index < -0.39 is 28.5 Å². The van der Waals surface area contributed by atoms with Crippen LogP contribution in [0.3, 0.4) is 0 Å². The standard InChI is InChI=1S/C24H17BrClN3O8/c1-35-23(31)20-7-6-17(37-20)11-28-22(30)18(27-24(28)32)9-14-8-16(26)10-19(29(33)34)21(14)36-12-13-2-4-15(25)5-3-13/h2-10H,11-12H2,1H3,(H,27,32)/b18-9-. The van der Waals surface area contributed by atoms with Crippen molar-refractivity contribution in [3.63, 3.8) is 0 Å². The molecule has 0 atom stereocenters. The monoisotopic (exact) mass is 589 g/mol. The fraction of sp³-hybridized carbons (Fsp3) is 0.125. The van der Waals surface area contributed by atoms with Crippen molar-refractivity contribution >= 4 is 57.2 Å². The maximum Gasteiger partial charge on any atom is 0.373 e. The van der Waals surface area contributed by atoms with Gasteiger partial charge in [0, 0.05) is 21.1 Å². The number of urea groups is 1. The molecule has 0 spiro atoms. The molecule has 1 fully saturated rings. The van der Waals surface area contributed by atoms with Gasteiger partial charge in [0.05, 0.1) is 18.6 Å². The van der Waals surface area contributed by atoms with Crippen LogP contribution >= 0.6 is 27.5 Å². The fourth-order valence-corrected chi connectivity index (χ4v) is 3.92. The Hall–Kier alpha value is -4.16. The molecule has 2 aromatic carbocycles. The van der Waals surface area contributed by atoms with E-state index in [9.17, 15) is 24.5 Å². The summed E-state index contributed by atoms with van der Waals surface area (Å²) < 4.78 is 16.5. The topological polar surface area (TPSA) is 141 Å². The zero-order valence-electron chi connectivity index (χ0n) is 19.0. The van der Waals surface area contributed by atoms with Crippen molar-refractivity contribution in [2.24, 2.45) is 0 Å². The number of esters is 1. The Labute approximate surface area is 222 Å². The molecule has 13 heteroatoms. The number of ether oxygens (including phenoxy) is 2. The molecule has 1 N–H and O–H groups in total. The van der Waals surface area contributed by atoms with E-state index in [1.807, 2.05) is 0 Å². The number of benzene rings is 2. The molecule has 1 aromatic heterocycles. The quantitative estimate of drug-likeness (QED) is 0.126. The number of methoxy groups -OCH3 is 1. The summed E-state index contributed by atoms with van der Waals surface area (Å²) in [6, 6.07) is 11.7. The minimum atomic E-state index is -0.749. The molecule has 0 unspecified atom stereocenters. The summed E-state index contributed by atoms with van der Waals surface area (Å²) in [6.07, 6.45) is 1.25. The van der Waals surface area contributed by atoms with Crippen molar-refractivity contribution in [3.8, 4) is 5.75 Å². The second-order valence-corrected chi connectivity index (χ2v) is 9.00. The van der Waals surface area contributed by atoms with Crippen molar-refractivity contribution in [2.45, 2.75) is 13.2 Å².